The molecule has 0 saturated carbocycles. The highest BCUT2D eigenvalue weighted by atomic mass is 35.5. The summed E-state index contributed by atoms with van der Waals surface area (Å²) in [5.41, 5.74) is 0. The highest BCUT2D eigenvalue weighted by Crippen LogP contribution is 2.13. The molecule has 0 aromatic carbocycles. The molecule has 0 aliphatic rings. The van der Waals surface area contributed by atoms with E-state index in [1.165, 1.54) is 77.0 Å². The number of Topliss-reactive ketones (excluding diaryl/α,β-unsaturated/α-hetero) is 2. The van der Waals surface area contributed by atoms with E-state index in [9.17, 15) is 9.59 Å². The number of quaternary nitrogens is 2. The largest absolute Gasteiger partial charge is 1.00 e. The van der Waals surface area contributed by atoms with Crippen LogP contribution in [-0.4, -0.2) is 86.4 Å². The summed E-state index contributed by atoms with van der Waals surface area (Å²) in [6, 6.07) is 0. The van der Waals surface area contributed by atoms with Crippen molar-refractivity contribution in [3.63, 3.8) is 0 Å². The smallest absolute Gasteiger partial charge is 0.186 e. The first-order valence-corrected chi connectivity index (χ1v) is 16.0. The van der Waals surface area contributed by atoms with Gasteiger partial charge in [0.1, 0.15) is 13.1 Å². The van der Waals surface area contributed by atoms with Gasteiger partial charge < -0.3 is 33.8 Å². The molecule has 0 amide bonds. The summed E-state index contributed by atoms with van der Waals surface area (Å²) in [6.45, 7) is 7.86. The second kappa shape index (κ2) is 26.4. The van der Waals surface area contributed by atoms with Gasteiger partial charge in [-0.1, -0.05) is 90.9 Å². The third kappa shape index (κ3) is 29.0. The van der Waals surface area contributed by atoms with Crippen molar-refractivity contribution in [3.8, 4) is 0 Å². The fourth-order valence-electron chi connectivity index (χ4n) is 4.56. The number of rotatable bonds is 26. The molecular weight excluding hydrogens is 523 g/mol. The van der Waals surface area contributed by atoms with Crippen LogP contribution in [0.2, 0.25) is 0 Å². The Morgan fingerprint density at radius 2 is 0.811 bits per heavy atom. The number of hydrogen-bond donors (Lipinski definition) is 0. The van der Waals surface area contributed by atoms with Crippen LogP contribution in [0.1, 0.15) is 117 Å². The molecule has 0 radical (unpaired) electrons. The zero-order valence-electron chi connectivity index (χ0n) is 25.4. The van der Waals surface area contributed by atoms with Crippen molar-refractivity contribution < 1.29 is 43.4 Å². The Labute approximate surface area is 248 Å². The van der Waals surface area contributed by atoms with Crippen LogP contribution >= 0.6 is 11.8 Å². The number of carbonyl (C=O) groups is 2. The Hall–Kier alpha value is 0.190. The lowest BCUT2D eigenvalue weighted by Gasteiger charge is -2.30. The number of hydrogen-bond acceptors (Lipinski definition) is 3. The van der Waals surface area contributed by atoms with Crippen LogP contribution in [-0.2, 0) is 9.59 Å². The maximum atomic E-state index is 12.4. The van der Waals surface area contributed by atoms with Crippen LogP contribution in [0.3, 0.4) is 0 Å². The van der Waals surface area contributed by atoms with E-state index in [4.69, 9.17) is 0 Å². The molecule has 0 N–H and O–H groups in total. The van der Waals surface area contributed by atoms with Crippen LogP contribution in [0.25, 0.3) is 0 Å². The third-order valence-corrected chi connectivity index (χ3v) is 7.95. The van der Waals surface area contributed by atoms with E-state index >= 15 is 0 Å². The van der Waals surface area contributed by atoms with E-state index in [1.54, 1.807) is 0 Å². The SMILES string of the molecule is CCCCCCCCCC(=O)C[N+](C)(C)CCSCC[N+](C)(C)CC(=O)CCCCCCCCC.[Cl-].[Cl-]. The zero-order valence-corrected chi connectivity index (χ0v) is 27.8. The van der Waals surface area contributed by atoms with E-state index in [-0.39, 0.29) is 24.8 Å². The fraction of sp³-hybridized carbons (Fsp3) is 0.933. The van der Waals surface area contributed by atoms with Crippen molar-refractivity contribution in [1.82, 2.24) is 0 Å². The van der Waals surface area contributed by atoms with Gasteiger partial charge in [-0.05, 0) is 12.8 Å². The van der Waals surface area contributed by atoms with Gasteiger partial charge in [-0.25, -0.2) is 0 Å². The number of thioether (sulfide) groups is 1. The van der Waals surface area contributed by atoms with Crippen molar-refractivity contribution >= 4 is 23.3 Å². The number of unbranched alkanes of at least 4 members (excludes halogenated alkanes) is 12. The van der Waals surface area contributed by atoms with Gasteiger partial charge in [-0.15, -0.1) is 0 Å². The van der Waals surface area contributed by atoms with Crippen molar-refractivity contribution in [2.45, 2.75) is 117 Å². The van der Waals surface area contributed by atoms with Gasteiger partial charge in [0.25, 0.3) is 0 Å². The Bertz CT molecular complexity index is 500. The van der Waals surface area contributed by atoms with E-state index in [1.807, 2.05) is 11.8 Å². The first kappa shape index (κ1) is 41.7. The van der Waals surface area contributed by atoms with Gasteiger partial charge in [-0.3, -0.25) is 9.59 Å². The van der Waals surface area contributed by atoms with Crippen molar-refractivity contribution in [3.05, 3.63) is 0 Å². The molecule has 0 aromatic rings. The standard InChI is InChI=1S/C30H62N2O2S.2ClH/c1-7-9-11-13-15-17-19-21-29(33)27-31(3,4)23-25-35-26-24-32(5,6)28-30(34)22-20-18-16-14-12-10-8-2;;/h7-28H2,1-6H3;2*1H/q+2;;/p-2. The molecule has 224 valence electrons. The van der Waals surface area contributed by atoms with Crippen LogP contribution in [0.4, 0.5) is 0 Å². The Morgan fingerprint density at radius 3 is 1.14 bits per heavy atom. The molecule has 4 nitrogen and oxygen atoms in total. The predicted molar refractivity (Wildman–Crippen MR) is 156 cm³/mol. The minimum atomic E-state index is 0. The molecule has 0 atom stereocenters. The lowest BCUT2D eigenvalue weighted by molar-refractivity contribution is -0.880. The quantitative estimate of drug-likeness (QED) is 0.113. The fourth-order valence-corrected chi connectivity index (χ4v) is 6.01. The van der Waals surface area contributed by atoms with Crippen LogP contribution < -0.4 is 24.8 Å². The molecule has 0 spiro atoms. The number of nitrogens with zero attached hydrogens (tertiary/aromatic N) is 2. The second-order valence-corrected chi connectivity index (χ2v) is 13.3. The molecule has 7 heteroatoms. The number of likely N-dealkylation sites (N-methyl/N-ethyl adjacent to an activating group) is 2. The average Bonchev–Trinajstić information content (AvgIpc) is 2.76. The molecule has 0 saturated heterocycles. The summed E-state index contributed by atoms with van der Waals surface area (Å²) in [4.78, 5) is 24.8. The lowest BCUT2D eigenvalue weighted by Crippen LogP contribution is -3.00. The summed E-state index contributed by atoms with van der Waals surface area (Å²) < 4.78 is 1.58. The average molecular weight is 586 g/mol. The van der Waals surface area contributed by atoms with E-state index < -0.39 is 0 Å². The molecule has 0 rings (SSSR count). The first-order chi connectivity index (χ1) is 16.6. The monoisotopic (exact) mass is 584 g/mol. The predicted octanol–water partition coefficient (Wildman–Crippen LogP) is 1.30. The summed E-state index contributed by atoms with van der Waals surface area (Å²) >= 11 is 1.97. The third-order valence-electron chi connectivity index (χ3n) is 7.01. The van der Waals surface area contributed by atoms with E-state index in [2.05, 4.69) is 42.0 Å². The van der Waals surface area contributed by atoms with Crippen molar-refractivity contribution in [1.29, 1.82) is 0 Å². The van der Waals surface area contributed by atoms with Gasteiger partial charge in [0, 0.05) is 24.3 Å². The molecule has 0 unspecified atom stereocenters. The maximum Gasteiger partial charge on any atom is 0.186 e. The Morgan fingerprint density at radius 1 is 0.514 bits per heavy atom. The van der Waals surface area contributed by atoms with Crippen LogP contribution in [0.5, 0.6) is 0 Å². The number of carbonyl (C=O) groups excluding carboxylic acids is 2. The second-order valence-electron chi connectivity index (χ2n) is 12.1. The highest BCUT2D eigenvalue weighted by molar-refractivity contribution is 7.99. The topological polar surface area (TPSA) is 34.1 Å². The van der Waals surface area contributed by atoms with Gasteiger partial charge in [0.2, 0.25) is 0 Å². The zero-order chi connectivity index (χ0) is 26.4. The van der Waals surface area contributed by atoms with Crippen molar-refractivity contribution in [2.24, 2.45) is 0 Å². The molecule has 0 bridgehead atoms. The van der Waals surface area contributed by atoms with E-state index in [0.29, 0.717) is 24.7 Å². The molecule has 0 aliphatic carbocycles. The van der Waals surface area contributed by atoms with Crippen LogP contribution in [0, 0.1) is 0 Å². The molecule has 0 aliphatic heterocycles. The lowest BCUT2D eigenvalue weighted by atomic mass is 10.1. The maximum absolute atomic E-state index is 12.4. The minimum absolute atomic E-state index is 0. The van der Waals surface area contributed by atoms with Gasteiger partial charge in [-0.2, -0.15) is 11.8 Å². The number of halogens is 2. The van der Waals surface area contributed by atoms with E-state index in [0.717, 1.165) is 59.2 Å². The molecule has 0 fully saturated rings. The highest BCUT2D eigenvalue weighted by Gasteiger charge is 2.21. The minimum Gasteiger partial charge on any atom is -1.00 e. The molecule has 37 heavy (non-hydrogen) atoms. The van der Waals surface area contributed by atoms with Crippen LogP contribution in [0.15, 0.2) is 0 Å². The molecule has 0 heterocycles. The Balaban J connectivity index is -0.00000578. The van der Waals surface area contributed by atoms with Gasteiger partial charge >= 0.3 is 0 Å². The summed E-state index contributed by atoms with van der Waals surface area (Å²) in [6.07, 6.45) is 19.2. The Kier molecular flexibility index (Phi) is 29.7. The first-order valence-electron chi connectivity index (χ1n) is 14.9. The van der Waals surface area contributed by atoms with Gasteiger partial charge in [0.15, 0.2) is 11.6 Å². The normalized spacial score (nSPS) is 11.6. The summed E-state index contributed by atoms with van der Waals surface area (Å²) in [7, 11) is 8.74. The summed E-state index contributed by atoms with van der Waals surface area (Å²) in [5, 5.41) is 0. The van der Waals surface area contributed by atoms with Crippen molar-refractivity contribution in [2.75, 3.05) is 65.9 Å². The number of ketones is 2. The molecule has 0 aromatic heterocycles. The summed E-state index contributed by atoms with van der Waals surface area (Å²) in [5.74, 6) is 2.99. The van der Waals surface area contributed by atoms with Gasteiger partial charge in [0.05, 0.1) is 41.3 Å². The molecular formula is C30H62Cl2N2O2S.